The van der Waals surface area contributed by atoms with E-state index in [-0.39, 0.29) is 22.7 Å². The summed E-state index contributed by atoms with van der Waals surface area (Å²) in [6.07, 6.45) is 0. The van der Waals surface area contributed by atoms with Crippen molar-refractivity contribution in [2.45, 2.75) is 51.8 Å². The average Bonchev–Trinajstić information content (AvgIpc) is 2.29. The van der Waals surface area contributed by atoms with E-state index in [4.69, 9.17) is 0 Å². The number of nitrogens with one attached hydrogen (secondary N) is 3. The number of guanidine groups is 1. The summed E-state index contributed by atoms with van der Waals surface area (Å²) in [5, 5.41) is 8.85. The summed E-state index contributed by atoms with van der Waals surface area (Å²) in [7, 11) is 0.730. The first-order chi connectivity index (χ1) is 9.45. The van der Waals surface area contributed by atoms with Crippen molar-refractivity contribution >= 4 is 22.7 Å². The molecule has 0 aromatic heterocycles. The van der Waals surface area contributed by atoms with Gasteiger partial charge in [0, 0.05) is 40.4 Å². The van der Waals surface area contributed by atoms with Crippen molar-refractivity contribution in [1.82, 2.24) is 16.0 Å². The molecule has 21 heavy (non-hydrogen) atoms. The van der Waals surface area contributed by atoms with Gasteiger partial charge in [0.2, 0.25) is 5.91 Å². The molecule has 1 atom stereocenters. The zero-order valence-corrected chi connectivity index (χ0v) is 15.1. The fourth-order valence-electron chi connectivity index (χ4n) is 1.42. The van der Waals surface area contributed by atoms with Crippen molar-refractivity contribution in [3.05, 3.63) is 0 Å². The molecule has 0 aromatic carbocycles. The number of rotatable bonds is 5. The highest BCUT2D eigenvalue weighted by Gasteiger charge is 2.18. The van der Waals surface area contributed by atoms with E-state index in [1.54, 1.807) is 7.05 Å². The molecule has 0 aromatic rings. The standard InChI is InChI=1S/C14H30N4O2S/c1-13(2,3)18-11(19)10-17-12(15-7)16-8-9-21(20)14(4,5)6/h8-10H2,1-7H3,(H,18,19)(H2,15,16,17). The van der Waals surface area contributed by atoms with E-state index in [9.17, 15) is 9.00 Å². The molecule has 0 saturated carbocycles. The topological polar surface area (TPSA) is 82.6 Å². The molecule has 0 saturated heterocycles. The molecule has 7 heteroatoms. The Hall–Kier alpha value is -1.11. The van der Waals surface area contributed by atoms with Crippen molar-refractivity contribution < 1.29 is 9.00 Å². The Morgan fingerprint density at radius 1 is 1.10 bits per heavy atom. The maximum atomic E-state index is 11.9. The number of amides is 1. The van der Waals surface area contributed by atoms with Gasteiger partial charge in [-0.1, -0.05) is 0 Å². The second kappa shape index (κ2) is 8.36. The maximum Gasteiger partial charge on any atom is 0.239 e. The molecular weight excluding hydrogens is 288 g/mol. The Morgan fingerprint density at radius 2 is 1.67 bits per heavy atom. The molecule has 0 rings (SSSR count). The van der Waals surface area contributed by atoms with Gasteiger partial charge in [-0.25, -0.2) is 0 Å². The molecular formula is C14H30N4O2S. The lowest BCUT2D eigenvalue weighted by Gasteiger charge is -2.21. The fourth-order valence-corrected chi connectivity index (χ4v) is 2.32. The molecule has 124 valence electrons. The van der Waals surface area contributed by atoms with Gasteiger partial charge in [0.1, 0.15) is 0 Å². The Balaban J connectivity index is 4.09. The normalized spacial score (nSPS) is 14.5. The molecule has 0 spiro atoms. The van der Waals surface area contributed by atoms with Gasteiger partial charge in [-0.2, -0.15) is 0 Å². The van der Waals surface area contributed by atoms with Crippen molar-refractivity contribution in [3.8, 4) is 0 Å². The zero-order valence-electron chi connectivity index (χ0n) is 14.3. The lowest BCUT2D eigenvalue weighted by Crippen LogP contribution is -2.48. The first-order valence-corrected chi connectivity index (χ1v) is 8.41. The van der Waals surface area contributed by atoms with Crippen LogP contribution in [0.1, 0.15) is 41.5 Å². The van der Waals surface area contributed by atoms with Crippen LogP contribution in [0.3, 0.4) is 0 Å². The van der Waals surface area contributed by atoms with E-state index < -0.39 is 10.8 Å². The lowest BCUT2D eigenvalue weighted by molar-refractivity contribution is -0.121. The molecule has 1 unspecified atom stereocenters. The SMILES string of the molecule is CN=C(NCCS(=O)C(C)(C)C)NCC(=O)NC(C)(C)C. The highest BCUT2D eigenvalue weighted by Crippen LogP contribution is 2.10. The van der Waals surface area contributed by atoms with Crippen LogP contribution in [0.25, 0.3) is 0 Å². The van der Waals surface area contributed by atoms with Crippen LogP contribution in [0.2, 0.25) is 0 Å². The predicted octanol–water partition coefficient (Wildman–Crippen LogP) is 0.613. The second-order valence-electron chi connectivity index (χ2n) is 6.81. The van der Waals surface area contributed by atoms with E-state index in [0.29, 0.717) is 18.3 Å². The van der Waals surface area contributed by atoms with Crippen LogP contribution in [-0.4, -0.2) is 52.3 Å². The van der Waals surface area contributed by atoms with Gasteiger partial charge >= 0.3 is 0 Å². The van der Waals surface area contributed by atoms with Gasteiger partial charge in [-0.05, 0) is 41.5 Å². The summed E-state index contributed by atoms with van der Waals surface area (Å²) in [5.74, 6) is 0.979. The number of nitrogens with zero attached hydrogens (tertiary/aromatic N) is 1. The predicted molar refractivity (Wildman–Crippen MR) is 90.0 cm³/mol. The van der Waals surface area contributed by atoms with Gasteiger partial charge in [0.05, 0.1) is 6.54 Å². The van der Waals surface area contributed by atoms with Crippen molar-refractivity contribution in [2.24, 2.45) is 4.99 Å². The third-order valence-electron chi connectivity index (χ3n) is 2.42. The summed E-state index contributed by atoms with van der Waals surface area (Å²) < 4.78 is 11.7. The molecule has 0 aliphatic heterocycles. The minimum Gasteiger partial charge on any atom is -0.355 e. The van der Waals surface area contributed by atoms with Gasteiger partial charge in [-0.15, -0.1) is 0 Å². The van der Waals surface area contributed by atoms with E-state index in [1.807, 2.05) is 41.5 Å². The van der Waals surface area contributed by atoms with E-state index >= 15 is 0 Å². The molecule has 0 heterocycles. The number of carbonyl (C=O) groups excluding carboxylic acids is 1. The lowest BCUT2D eigenvalue weighted by atomic mass is 10.1. The van der Waals surface area contributed by atoms with E-state index in [1.165, 1.54) is 0 Å². The third-order valence-corrected chi connectivity index (χ3v) is 4.36. The van der Waals surface area contributed by atoms with Crippen LogP contribution in [0.15, 0.2) is 4.99 Å². The summed E-state index contributed by atoms with van der Waals surface area (Å²) >= 11 is 0. The van der Waals surface area contributed by atoms with Crippen LogP contribution in [0.4, 0.5) is 0 Å². The number of hydrogen-bond acceptors (Lipinski definition) is 3. The summed E-state index contributed by atoms with van der Waals surface area (Å²) in [6.45, 7) is 12.3. The molecule has 0 fully saturated rings. The molecule has 6 nitrogen and oxygen atoms in total. The number of hydrogen-bond donors (Lipinski definition) is 3. The second-order valence-corrected chi connectivity index (χ2v) is 9.14. The first-order valence-electron chi connectivity index (χ1n) is 7.10. The van der Waals surface area contributed by atoms with Gasteiger partial charge in [-0.3, -0.25) is 14.0 Å². The Morgan fingerprint density at radius 3 is 2.10 bits per heavy atom. The number of aliphatic imine (C=N–C) groups is 1. The third kappa shape index (κ3) is 10.3. The van der Waals surface area contributed by atoms with Gasteiger partial charge < -0.3 is 16.0 Å². The highest BCUT2D eigenvalue weighted by molar-refractivity contribution is 7.86. The Kier molecular flexibility index (Phi) is 7.92. The number of carbonyl (C=O) groups is 1. The minimum atomic E-state index is -0.906. The average molecular weight is 318 g/mol. The molecule has 3 N–H and O–H groups in total. The largest absolute Gasteiger partial charge is 0.355 e. The zero-order chi connectivity index (χ0) is 16.7. The van der Waals surface area contributed by atoms with Crippen molar-refractivity contribution in [1.29, 1.82) is 0 Å². The Bertz CT molecular complexity index is 395. The van der Waals surface area contributed by atoms with Crippen LogP contribution in [0, 0.1) is 0 Å². The smallest absolute Gasteiger partial charge is 0.239 e. The minimum absolute atomic E-state index is 0.0938. The summed E-state index contributed by atoms with van der Waals surface area (Å²) in [5.41, 5.74) is -0.251. The highest BCUT2D eigenvalue weighted by atomic mass is 32.2. The molecule has 0 aliphatic carbocycles. The maximum absolute atomic E-state index is 11.9. The Labute approximate surface area is 131 Å². The van der Waals surface area contributed by atoms with Crippen molar-refractivity contribution in [3.63, 3.8) is 0 Å². The molecule has 0 bridgehead atoms. The monoisotopic (exact) mass is 318 g/mol. The van der Waals surface area contributed by atoms with Crippen LogP contribution < -0.4 is 16.0 Å². The van der Waals surface area contributed by atoms with Crippen molar-refractivity contribution in [2.75, 3.05) is 25.9 Å². The van der Waals surface area contributed by atoms with E-state index in [0.717, 1.165) is 0 Å². The van der Waals surface area contributed by atoms with Gasteiger partial charge in [0.15, 0.2) is 5.96 Å². The van der Waals surface area contributed by atoms with Crippen LogP contribution in [0.5, 0.6) is 0 Å². The van der Waals surface area contributed by atoms with Gasteiger partial charge in [0.25, 0.3) is 0 Å². The van der Waals surface area contributed by atoms with Crippen LogP contribution in [-0.2, 0) is 15.6 Å². The van der Waals surface area contributed by atoms with E-state index in [2.05, 4.69) is 20.9 Å². The fraction of sp³-hybridized carbons (Fsp3) is 0.857. The van der Waals surface area contributed by atoms with Crippen LogP contribution >= 0.6 is 0 Å². The first kappa shape index (κ1) is 19.9. The summed E-state index contributed by atoms with van der Waals surface area (Å²) in [6, 6.07) is 0. The molecule has 0 radical (unpaired) electrons. The summed E-state index contributed by atoms with van der Waals surface area (Å²) in [4.78, 5) is 15.7. The molecule has 1 amide bonds. The molecule has 0 aliphatic rings. The quantitative estimate of drug-likeness (QED) is 0.512.